The Morgan fingerprint density at radius 1 is 1.29 bits per heavy atom. The lowest BCUT2D eigenvalue weighted by Gasteiger charge is -2.12. The Morgan fingerprint density at radius 3 is 2.43 bits per heavy atom. The van der Waals surface area contributed by atoms with Crippen LogP contribution in [0.3, 0.4) is 0 Å². The van der Waals surface area contributed by atoms with Gasteiger partial charge in [0.25, 0.3) is 0 Å². The van der Waals surface area contributed by atoms with Crippen LogP contribution < -0.4 is 5.32 Å². The van der Waals surface area contributed by atoms with E-state index in [4.69, 9.17) is 0 Å². The van der Waals surface area contributed by atoms with Crippen molar-refractivity contribution in [2.75, 3.05) is 5.75 Å². The first-order chi connectivity index (χ1) is 9.84. The van der Waals surface area contributed by atoms with Crippen LogP contribution in [0.5, 0.6) is 0 Å². The van der Waals surface area contributed by atoms with Crippen LogP contribution in [0.4, 0.5) is 13.2 Å². The van der Waals surface area contributed by atoms with Crippen molar-refractivity contribution in [2.45, 2.75) is 44.7 Å². The molecule has 21 heavy (non-hydrogen) atoms. The second-order valence-corrected chi connectivity index (χ2v) is 6.23. The van der Waals surface area contributed by atoms with Crippen LogP contribution >= 0.6 is 11.8 Å². The summed E-state index contributed by atoms with van der Waals surface area (Å²) in [6.45, 7) is 4.17. The fraction of sp³-hybridized carbons (Fsp3) is 0.533. The number of carbonyl (C=O) groups excluding carboxylic acids is 1. The molecule has 1 rings (SSSR count). The molecule has 0 saturated heterocycles. The third-order valence-electron chi connectivity index (χ3n) is 2.98. The van der Waals surface area contributed by atoms with E-state index in [2.05, 4.69) is 12.2 Å². The standard InChI is InChI=1S/C15H20F3NOS/c1-3-4-9-21-11(2)14(20)19-10-12-5-7-13(8-6-12)15(16,17)18/h5-8,11H,3-4,9-10H2,1-2H3,(H,19,20). The van der Waals surface area contributed by atoms with Crippen molar-refractivity contribution in [3.63, 3.8) is 0 Å². The zero-order valence-electron chi connectivity index (χ0n) is 12.2. The van der Waals surface area contributed by atoms with Gasteiger partial charge in [-0.15, -0.1) is 11.8 Å². The van der Waals surface area contributed by atoms with Crippen LogP contribution in [-0.4, -0.2) is 16.9 Å². The molecule has 0 aromatic heterocycles. The highest BCUT2D eigenvalue weighted by atomic mass is 32.2. The molecule has 0 aliphatic carbocycles. The first kappa shape index (κ1) is 17.9. The molecule has 6 heteroatoms. The van der Waals surface area contributed by atoms with Crippen molar-refractivity contribution < 1.29 is 18.0 Å². The minimum Gasteiger partial charge on any atom is -0.351 e. The van der Waals surface area contributed by atoms with Gasteiger partial charge in [0, 0.05) is 6.54 Å². The second kappa shape index (κ2) is 8.32. The summed E-state index contributed by atoms with van der Waals surface area (Å²) < 4.78 is 37.2. The summed E-state index contributed by atoms with van der Waals surface area (Å²) in [7, 11) is 0. The topological polar surface area (TPSA) is 29.1 Å². The van der Waals surface area contributed by atoms with E-state index in [0.717, 1.165) is 30.7 Å². The lowest BCUT2D eigenvalue weighted by atomic mass is 10.1. The molecule has 0 saturated carbocycles. The SMILES string of the molecule is CCCCSC(C)C(=O)NCc1ccc(C(F)(F)F)cc1. The average Bonchev–Trinajstić information content (AvgIpc) is 2.44. The number of amides is 1. The lowest BCUT2D eigenvalue weighted by molar-refractivity contribution is -0.137. The number of rotatable bonds is 7. The van der Waals surface area contributed by atoms with E-state index in [1.165, 1.54) is 12.1 Å². The van der Waals surface area contributed by atoms with E-state index in [-0.39, 0.29) is 17.7 Å². The molecule has 0 fully saturated rings. The summed E-state index contributed by atoms with van der Waals surface area (Å²) in [5.74, 6) is 0.849. The van der Waals surface area contributed by atoms with Crippen molar-refractivity contribution in [3.8, 4) is 0 Å². The number of carbonyl (C=O) groups is 1. The molecule has 0 spiro atoms. The molecule has 0 aliphatic rings. The van der Waals surface area contributed by atoms with Crippen molar-refractivity contribution >= 4 is 17.7 Å². The van der Waals surface area contributed by atoms with Gasteiger partial charge >= 0.3 is 6.18 Å². The molecule has 1 unspecified atom stereocenters. The van der Waals surface area contributed by atoms with E-state index in [9.17, 15) is 18.0 Å². The highest BCUT2D eigenvalue weighted by Crippen LogP contribution is 2.29. The Kier molecular flexibility index (Phi) is 7.08. The van der Waals surface area contributed by atoms with E-state index < -0.39 is 11.7 Å². The van der Waals surface area contributed by atoms with Gasteiger partial charge in [0.2, 0.25) is 5.91 Å². The molecule has 1 aromatic carbocycles. The fourth-order valence-corrected chi connectivity index (χ4v) is 2.67. The number of benzene rings is 1. The molecule has 0 aliphatic heterocycles. The predicted octanol–water partition coefficient (Wildman–Crippen LogP) is 4.24. The zero-order chi connectivity index (χ0) is 15.9. The number of unbranched alkanes of at least 4 members (excludes halogenated alkanes) is 1. The Labute approximate surface area is 127 Å². The van der Waals surface area contributed by atoms with Gasteiger partial charge in [0.15, 0.2) is 0 Å². The van der Waals surface area contributed by atoms with E-state index in [0.29, 0.717) is 5.56 Å². The number of alkyl halides is 3. The number of nitrogens with one attached hydrogen (secondary N) is 1. The van der Waals surface area contributed by atoms with Crippen LogP contribution in [0.15, 0.2) is 24.3 Å². The summed E-state index contributed by atoms with van der Waals surface area (Å²) >= 11 is 1.59. The van der Waals surface area contributed by atoms with Crippen LogP contribution in [-0.2, 0) is 17.5 Å². The van der Waals surface area contributed by atoms with Gasteiger partial charge in [-0.25, -0.2) is 0 Å². The normalized spacial score (nSPS) is 13.0. The minimum absolute atomic E-state index is 0.0870. The molecule has 118 valence electrons. The number of halogens is 3. The van der Waals surface area contributed by atoms with Crippen LogP contribution in [0.1, 0.15) is 37.8 Å². The average molecular weight is 319 g/mol. The van der Waals surface area contributed by atoms with E-state index in [1.807, 2.05) is 6.92 Å². The molecule has 0 radical (unpaired) electrons. The first-order valence-corrected chi connectivity index (χ1v) is 7.95. The van der Waals surface area contributed by atoms with Crippen molar-refractivity contribution in [3.05, 3.63) is 35.4 Å². The van der Waals surface area contributed by atoms with Gasteiger partial charge < -0.3 is 5.32 Å². The Balaban J connectivity index is 2.42. The van der Waals surface area contributed by atoms with Crippen molar-refractivity contribution in [2.24, 2.45) is 0 Å². The molecular formula is C15H20F3NOS. The van der Waals surface area contributed by atoms with E-state index in [1.54, 1.807) is 11.8 Å². The molecule has 1 N–H and O–H groups in total. The maximum absolute atomic E-state index is 12.4. The summed E-state index contributed by atoms with van der Waals surface area (Å²) in [6.07, 6.45) is -2.17. The summed E-state index contributed by atoms with van der Waals surface area (Å²) in [6, 6.07) is 4.83. The quantitative estimate of drug-likeness (QED) is 0.762. The predicted molar refractivity (Wildman–Crippen MR) is 80.1 cm³/mol. The fourth-order valence-electron chi connectivity index (χ4n) is 1.62. The van der Waals surface area contributed by atoms with Gasteiger partial charge in [-0.1, -0.05) is 25.5 Å². The third-order valence-corrected chi connectivity index (χ3v) is 4.22. The Morgan fingerprint density at radius 2 is 1.90 bits per heavy atom. The summed E-state index contributed by atoms with van der Waals surface area (Å²) in [5.41, 5.74) is -0.0248. The highest BCUT2D eigenvalue weighted by Gasteiger charge is 2.29. The zero-order valence-corrected chi connectivity index (χ0v) is 13.0. The summed E-state index contributed by atoms with van der Waals surface area (Å²) in [5, 5.41) is 2.60. The number of thioether (sulfide) groups is 1. The van der Waals surface area contributed by atoms with Gasteiger partial charge in [0.05, 0.1) is 10.8 Å². The maximum atomic E-state index is 12.4. The Hall–Kier alpha value is -1.17. The van der Waals surface area contributed by atoms with Crippen LogP contribution in [0.2, 0.25) is 0 Å². The molecule has 0 heterocycles. The lowest BCUT2D eigenvalue weighted by Crippen LogP contribution is -2.30. The largest absolute Gasteiger partial charge is 0.416 e. The minimum atomic E-state index is -4.33. The van der Waals surface area contributed by atoms with Crippen LogP contribution in [0, 0.1) is 0 Å². The Bertz CT molecular complexity index is 445. The van der Waals surface area contributed by atoms with Gasteiger partial charge in [-0.3, -0.25) is 4.79 Å². The van der Waals surface area contributed by atoms with E-state index >= 15 is 0 Å². The second-order valence-electron chi connectivity index (χ2n) is 4.78. The van der Waals surface area contributed by atoms with Crippen molar-refractivity contribution in [1.29, 1.82) is 0 Å². The molecule has 2 nitrogen and oxygen atoms in total. The van der Waals surface area contributed by atoms with Gasteiger partial charge in [-0.2, -0.15) is 13.2 Å². The first-order valence-electron chi connectivity index (χ1n) is 6.90. The molecule has 0 bridgehead atoms. The number of hydrogen-bond donors (Lipinski definition) is 1. The monoisotopic (exact) mass is 319 g/mol. The van der Waals surface area contributed by atoms with Crippen LogP contribution in [0.25, 0.3) is 0 Å². The third kappa shape index (κ3) is 6.42. The number of hydrogen-bond acceptors (Lipinski definition) is 2. The summed E-state index contributed by atoms with van der Waals surface area (Å²) in [4.78, 5) is 11.8. The van der Waals surface area contributed by atoms with Gasteiger partial charge in [0.1, 0.15) is 0 Å². The van der Waals surface area contributed by atoms with Crippen molar-refractivity contribution in [1.82, 2.24) is 5.32 Å². The smallest absolute Gasteiger partial charge is 0.351 e. The molecular weight excluding hydrogens is 299 g/mol. The molecule has 1 aromatic rings. The van der Waals surface area contributed by atoms with Gasteiger partial charge in [-0.05, 0) is 36.8 Å². The molecule has 1 amide bonds. The maximum Gasteiger partial charge on any atom is 0.416 e. The highest BCUT2D eigenvalue weighted by molar-refractivity contribution is 8.00. The molecule has 1 atom stereocenters.